The highest BCUT2D eigenvalue weighted by Gasteiger charge is 1.78. The predicted molar refractivity (Wildman–Crippen MR) is 39.4 cm³/mol. The van der Waals surface area contributed by atoms with E-state index in [-0.39, 0.29) is 6.61 Å². The van der Waals surface area contributed by atoms with Gasteiger partial charge < -0.3 is 10.2 Å². The standard InChI is InChI=1S/C8H6O3/c9-7-5-3-1-2-4-6-8(10)11/h4,6,9H,7H2,(H,10,11)/b6-4+. The zero-order chi connectivity index (χ0) is 8.53. The quantitative estimate of drug-likeness (QED) is 0.396. The van der Waals surface area contributed by atoms with Crippen LogP contribution < -0.4 is 0 Å². The number of hydrogen-bond donors (Lipinski definition) is 2. The highest BCUT2D eigenvalue weighted by Crippen LogP contribution is 1.68. The van der Waals surface area contributed by atoms with Crippen molar-refractivity contribution in [3.8, 4) is 23.7 Å². The summed E-state index contributed by atoms with van der Waals surface area (Å²) < 4.78 is 0. The van der Waals surface area contributed by atoms with Gasteiger partial charge in [-0.25, -0.2) is 4.79 Å². The number of carbonyl (C=O) groups is 1. The Labute approximate surface area is 64.4 Å². The van der Waals surface area contributed by atoms with E-state index in [0.29, 0.717) is 0 Å². The van der Waals surface area contributed by atoms with Gasteiger partial charge in [-0.2, -0.15) is 0 Å². The monoisotopic (exact) mass is 150 g/mol. The number of rotatable bonds is 1. The molecule has 0 unspecified atom stereocenters. The highest BCUT2D eigenvalue weighted by atomic mass is 16.4. The fraction of sp³-hybridized carbons (Fsp3) is 0.125. The van der Waals surface area contributed by atoms with Gasteiger partial charge in [-0.15, -0.1) is 0 Å². The third-order valence-electron chi connectivity index (χ3n) is 0.611. The fourth-order valence-electron chi connectivity index (χ4n) is 0.274. The summed E-state index contributed by atoms with van der Waals surface area (Å²) in [6.45, 7) is -0.239. The number of carboxylic acid groups (broad SMARTS) is 1. The van der Waals surface area contributed by atoms with Crippen LogP contribution in [0.3, 0.4) is 0 Å². The Bertz CT molecular complexity index is 267. The first-order valence-electron chi connectivity index (χ1n) is 2.76. The molecule has 0 radical (unpaired) electrons. The molecule has 11 heavy (non-hydrogen) atoms. The molecule has 0 fully saturated rings. The molecule has 0 aliphatic rings. The summed E-state index contributed by atoms with van der Waals surface area (Å²) in [6.07, 6.45) is 2.09. The normalized spacial score (nSPS) is 7.73. The molecular formula is C8H6O3. The van der Waals surface area contributed by atoms with Crippen molar-refractivity contribution in [2.24, 2.45) is 0 Å². The van der Waals surface area contributed by atoms with Gasteiger partial charge in [0.25, 0.3) is 0 Å². The molecule has 0 aliphatic heterocycles. The van der Waals surface area contributed by atoms with Crippen LogP contribution in [0.4, 0.5) is 0 Å². The maximum absolute atomic E-state index is 9.86. The van der Waals surface area contributed by atoms with E-state index in [2.05, 4.69) is 23.7 Å². The Balaban J connectivity index is 3.82. The van der Waals surface area contributed by atoms with E-state index in [1.807, 2.05) is 0 Å². The molecule has 0 heterocycles. The van der Waals surface area contributed by atoms with Gasteiger partial charge in [-0.3, -0.25) is 0 Å². The van der Waals surface area contributed by atoms with Crippen molar-refractivity contribution in [3.63, 3.8) is 0 Å². The van der Waals surface area contributed by atoms with E-state index in [9.17, 15) is 4.79 Å². The van der Waals surface area contributed by atoms with E-state index >= 15 is 0 Å². The molecular weight excluding hydrogens is 144 g/mol. The third-order valence-corrected chi connectivity index (χ3v) is 0.611. The van der Waals surface area contributed by atoms with Gasteiger partial charge in [0.1, 0.15) is 6.61 Å². The molecule has 0 rings (SSSR count). The van der Waals surface area contributed by atoms with Crippen LogP contribution >= 0.6 is 0 Å². The Kier molecular flexibility index (Phi) is 5.41. The second kappa shape index (κ2) is 6.41. The molecule has 3 nitrogen and oxygen atoms in total. The lowest BCUT2D eigenvalue weighted by Crippen LogP contribution is -1.84. The third kappa shape index (κ3) is 8.29. The fourth-order valence-corrected chi connectivity index (χ4v) is 0.274. The van der Waals surface area contributed by atoms with Crippen LogP contribution in [0, 0.1) is 23.7 Å². The van der Waals surface area contributed by atoms with Gasteiger partial charge >= 0.3 is 5.97 Å². The Morgan fingerprint density at radius 3 is 2.73 bits per heavy atom. The Morgan fingerprint density at radius 2 is 2.18 bits per heavy atom. The van der Waals surface area contributed by atoms with Crippen molar-refractivity contribution in [1.29, 1.82) is 0 Å². The largest absolute Gasteiger partial charge is 0.478 e. The lowest BCUT2D eigenvalue weighted by molar-refractivity contribution is -0.131. The maximum Gasteiger partial charge on any atom is 0.328 e. The van der Waals surface area contributed by atoms with Gasteiger partial charge in [0, 0.05) is 6.08 Å². The number of allylic oxidation sites excluding steroid dienone is 1. The molecule has 3 heteroatoms. The summed E-state index contributed by atoms with van der Waals surface area (Å²) in [6, 6.07) is 0. The molecule has 0 aliphatic carbocycles. The van der Waals surface area contributed by atoms with E-state index in [0.717, 1.165) is 6.08 Å². The van der Waals surface area contributed by atoms with Gasteiger partial charge in [-0.05, 0) is 17.9 Å². The van der Waals surface area contributed by atoms with Crippen LogP contribution in [0.15, 0.2) is 12.2 Å². The SMILES string of the molecule is O=C(O)/C=C/C#CC#CCO. The van der Waals surface area contributed by atoms with Crippen LogP contribution in [0.2, 0.25) is 0 Å². The highest BCUT2D eigenvalue weighted by molar-refractivity contribution is 5.80. The summed E-state index contributed by atoms with van der Waals surface area (Å²) in [5.74, 6) is 8.22. The number of carboxylic acids is 1. The predicted octanol–water partition coefficient (Wildman–Crippen LogP) is -0.374. The van der Waals surface area contributed by atoms with Gasteiger partial charge in [0.05, 0.1) is 0 Å². The number of aliphatic carboxylic acids is 1. The molecule has 0 aromatic carbocycles. The van der Waals surface area contributed by atoms with Crippen molar-refractivity contribution < 1.29 is 15.0 Å². The summed E-state index contributed by atoms with van der Waals surface area (Å²) in [5, 5.41) is 16.2. The van der Waals surface area contributed by atoms with E-state index in [1.54, 1.807) is 0 Å². The number of hydrogen-bond acceptors (Lipinski definition) is 2. The van der Waals surface area contributed by atoms with Crippen molar-refractivity contribution in [1.82, 2.24) is 0 Å². The zero-order valence-corrected chi connectivity index (χ0v) is 5.66. The molecule has 2 N–H and O–H groups in total. The minimum absolute atomic E-state index is 0.239. The molecule has 0 aromatic heterocycles. The molecule has 0 saturated carbocycles. The minimum Gasteiger partial charge on any atom is -0.478 e. The van der Waals surface area contributed by atoms with Crippen molar-refractivity contribution >= 4 is 5.97 Å². The second-order valence-electron chi connectivity index (χ2n) is 1.40. The summed E-state index contributed by atoms with van der Waals surface area (Å²) in [5.41, 5.74) is 0. The molecule has 0 bridgehead atoms. The molecule has 0 amide bonds. The average Bonchev–Trinajstić information content (AvgIpc) is 1.96. The lowest BCUT2D eigenvalue weighted by Gasteiger charge is -1.70. The van der Waals surface area contributed by atoms with Crippen molar-refractivity contribution in [2.45, 2.75) is 0 Å². The van der Waals surface area contributed by atoms with Crippen LogP contribution in [-0.4, -0.2) is 22.8 Å². The number of aliphatic hydroxyl groups is 1. The summed E-state index contributed by atoms with van der Waals surface area (Å²) in [7, 11) is 0. The Morgan fingerprint density at radius 1 is 1.45 bits per heavy atom. The molecule has 0 saturated heterocycles. The van der Waals surface area contributed by atoms with Crippen molar-refractivity contribution in [2.75, 3.05) is 6.61 Å². The first kappa shape index (κ1) is 9.29. The smallest absolute Gasteiger partial charge is 0.328 e. The van der Waals surface area contributed by atoms with E-state index < -0.39 is 5.97 Å². The minimum atomic E-state index is -1.05. The van der Waals surface area contributed by atoms with Crippen LogP contribution in [0.25, 0.3) is 0 Å². The number of aliphatic hydroxyl groups excluding tert-OH is 1. The lowest BCUT2D eigenvalue weighted by atomic mass is 10.5. The summed E-state index contributed by atoms with van der Waals surface area (Å²) >= 11 is 0. The summed E-state index contributed by atoms with van der Waals surface area (Å²) in [4.78, 5) is 9.86. The topological polar surface area (TPSA) is 57.5 Å². The van der Waals surface area contributed by atoms with Crippen LogP contribution in [0.1, 0.15) is 0 Å². The van der Waals surface area contributed by atoms with E-state index in [1.165, 1.54) is 6.08 Å². The van der Waals surface area contributed by atoms with Gasteiger partial charge in [0.2, 0.25) is 0 Å². The van der Waals surface area contributed by atoms with Crippen LogP contribution in [0.5, 0.6) is 0 Å². The molecule has 0 atom stereocenters. The van der Waals surface area contributed by atoms with Crippen LogP contribution in [-0.2, 0) is 4.79 Å². The van der Waals surface area contributed by atoms with Gasteiger partial charge in [-0.1, -0.05) is 11.8 Å². The van der Waals surface area contributed by atoms with Gasteiger partial charge in [0.15, 0.2) is 0 Å². The first-order valence-corrected chi connectivity index (χ1v) is 2.76. The zero-order valence-electron chi connectivity index (χ0n) is 5.66. The molecule has 0 aromatic rings. The first-order chi connectivity index (χ1) is 5.27. The Hall–Kier alpha value is -1.71. The van der Waals surface area contributed by atoms with Crippen molar-refractivity contribution in [3.05, 3.63) is 12.2 Å². The average molecular weight is 150 g/mol. The van der Waals surface area contributed by atoms with E-state index in [4.69, 9.17) is 10.2 Å². The molecule has 56 valence electrons. The maximum atomic E-state index is 9.86. The molecule has 0 spiro atoms. The second-order valence-corrected chi connectivity index (χ2v) is 1.40.